The van der Waals surface area contributed by atoms with Gasteiger partial charge in [0.2, 0.25) is 5.91 Å². The summed E-state index contributed by atoms with van der Waals surface area (Å²) >= 11 is 0. The highest BCUT2D eigenvalue weighted by molar-refractivity contribution is 5.77. The molecule has 2 aromatic rings. The zero-order chi connectivity index (χ0) is 16.9. The van der Waals surface area contributed by atoms with E-state index in [2.05, 4.69) is 0 Å². The van der Waals surface area contributed by atoms with E-state index in [1.54, 1.807) is 7.11 Å². The highest BCUT2D eigenvalue weighted by Crippen LogP contribution is 2.31. The second-order valence-corrected chi connectivity index (χ2v) is 6.26. The number of ether oxygens (including phenoxy) is 1. The summed E-state index contributed by atoms with van der Waals surface area (Å²) in [5.74, 6) is 1.02. The fourth-order valence-corrected chi connectivity index (χ4v) is 2.97. The zero-order valence-electron chi connectivity index (χ0n) is 14.1. The fraction of sp³-hybridized carbons (Fsp3) is 0.350. The lowest BCUT2D eigenvalue weighted by Crippen LogP contribution is -2.32. The Balaban J connectivity index is 1.67. The molecule has 0 aromatic heterocycles. The molecule has 0 saturated heterocycles. The van der Waals surface area contributed by atoms with E-state index < -0.39 is 0 Å². The Hall–Kier alpha value is -2.49. The number of nitrogens with zero attached hydrogens (tertiary/aromatic N) is 1. The SMILES string of the molecule is COc1ccccc1CN(C(=O)CCc1ccccc1N)C1CC1. The molecule has 0 heterocycles. The van der Waals surface area contributed by atoms with Crippen molar-refractivity contribution in [2.45, 2.75) is 38.3 Å². The standard InChI is InChI=1S/C20H24N2O2/c1-24-19-9-5-3-7-16(19)14-22(17-11-12-17)20(23)13-10-15-6-2-4-8-18(15)21/h2-9,17H,10-14,21H2,1H3. The van der Waals surface area contributed by atoms with E-state index in [9.17, 15) is 4.79 Å². The molecule has 1 amide bonds. The lowest BCUT2D eigenvalue weighted by molar-refractivity contribution is -0.132. The van der Waals surface area contributed by atoms with Crippen LogP contribution in [0, 0.1) is 0 Å². The number of amides is 1. The quantitative estimate of drug-likeness (QED) is 0.794. The fourth-order valence-electron chi connectivity index (χ4n) is 2.97. The van der Waals surface area contributed by atoms with Gasteiger partial charge in [-0.15, -0.1) is 0 Å². The molecular weight excluding hydrogens is 300 g/mol. The summed E-state index contributed by atoms with van der Waals surface area (Å²) in [6.45, 7) is 0.609. The molecule has 126 valence electrons. The van der Waals surface area contributed by atoms with Crippen LogP contribution in [0.1, 0.15) is 30.4 Å². The number of hydrogen-bond acceptors (Lipinski definition) is 3. The predicted molar refractivity (Wildman–Crippen MR) is 95.7 cm³/mol. The molecular formula is C20H24N2O2. The number of nitrogens with two attached hydrogens (primary N) is 1. The lowest BCUT2D eigenvalue weighted by Gasteiger charge is -2.24. The van der Waals surface area contributed by atoms with Crippen LogP contribution in [0.25, 0.3) is 0 Å². The van der Waals surface area contributed by atoms with Crippen molar-refractivity contribution < 1.29 is 9.53 Å². The minimum absolute atomic E-state index is 0.187. The van der Waals surface area contributed by atoms with E-state index in [1.807, 2.05) is 53.4 Å². The van der Waals surface area contributed by atoms with Crippen molar-refractivity contribution in [2.75, 3.05) is 12.8 Å². The Labute approximate surface area is 143 Å². The number of hydrogen-bond donors (Lipinski definition) is 1. The van der Waals surface area contributed by atoms with Gasteiger partial charge in [0.25, 0.3) is 0 Å². The topological polar surface area (TPSA) is 55.6 Å². The van der Waals surface area contributed by atoms with Gasteiger partial charge in [-0.2, -0.15) is 0 Å². The van der Waals surface area contributed by atoms with Crippen LogP contribution >= 0.6 is 0 Å². The average Bonchev–Trinajstić information content (AvgIpc) is 3.44. The maximum absolute atomic E-state index is 12.8. The lowest BCUT2D eigenvalue weighted by atomic mass is 10.1. The highest BCUT2D eigenvalue weighted by Gasteiger charge is 2.32. The first-order chi connectivity index (χ1) is 11.7. The van der Waals surface area contributed by atoms with Gasteiger partial charge in [-0.05, 0) is 37.0 Å². The summed E-state index contributed by atoms with van der Waals surface area (Å²) in [7, 11) is 1.67. The monoisotopic (exact) mass is 324 g/mol. The second-order valence-electron chi connectivity index (χ2n) is 6.26. The third-order valence-electron chi connectivity index (χ3n) is 4.50. The molecule has 0 aliphatic heterocycles. The van der Waals surface area contributed by atoms with Gasteiger partial charge in [0.15, 0.2) is 0 Å². The molecule has 0 unspecified atom stereocenters. The number of nitrogen functional groups attached to an aromatic ring is 1. The van der Waals surface area contributed by atoms with Crippen molar-refractivity contribution in [1.82, 2.24) is 4.90 Å². The molecule has 4 heteroatoms. The molecule has 2 N–H and O–H groups in total. The van der Waals surface area contributed by atoms with Crippen molar-refractivity contribution in [3.63, 3.8) is 0 Å². The van der Waals surface area contributed by atoms with Crippen LogP contribution in [0.4, 0.5) is 5.69 Å². The largest absolute Gasteiger partial charge is 0.496 e. The molecule has 2 aromatic carbocycles. The van der Waals surface area contributed by atoms with Crippen LogP contribution in [0.5, 0.6) is 5.75 Å². The minimum atomic E-state index is 0.187. The Morgan fingerprint density at radius 2 is 1.79 bits per heavy atom. The molecule has 24 heavy (non-hydrogen) atoms. The van der Waals surface area contributed by atoms with E-state index in [0.29, 0.717) is 25.4 Å². The molecule has 3 rings (SSSR count). The van der Waals surface area contributed by atoms with Crippen LogP contribution in [0.2, 0.25) is 0 Å². The number of rotatable bonds is 7. The van der Waals surface area contributed by atoms with E-state index in [4.69, 9.17) is 10.5 Å². The van der Waals surface area contributed by atoms with Gasteiger partial charge in [0.1, 0.15) is 5.75 Å². The smallest absolute Gasteiger partial charge is 0.223 e. The molecule has 0 radical (unpaired) electrons. The van der Waals surface area contributed by atoms with Crippen molar-refractivity contribution in [3.8, 4) is 5.75 Å². The summed E-state index contributed by atoms with van der Waals surface area (Å²) in [5.41, 5.74) is 8.83. The highest BCUT2D eigenvalue weighted by atomic mass is 16.5. The first-order valence-electron chi connectivity index (χ1n) is 8.44. The first-order valence-corrected chi connectivity index (χ1v) is 8.44. The van der Waals surface area contributed by atoms with Gasteiger partial charge >= 0.3 is 0 Å². The van der Waals surface area contributed by atoms with E-state index >= 15 is 0 Å². The number of methoxy groups -OCH3 is 1. The molecule has 1 aliphatic rings. The average molecular weight is 324 g/mol. The Kier molecular flexibility index (Phi) is 5.04. The number of para-hydroxylation sites is 2. The Morgan fingerprint density at radius 1 is 1.12 bits per heavy atom. The third kappa shape index (κ3) is 3.88. The molecule has 4 nitrogen and oxygen atoms in total. The van der Waals surface area contributed by atoms with Crippen LogP contribution in [0.3, 0.4) is 0 Å². The number of carbonyl (C=O) groups excluding carboxylic acids is 1. The Morgan fingerprint density at radius 3 is 2.46 bits per heavy atom. The third-order valence-corrected chi connectivity index (χ3v) is 4.50. The molecule has 1 fully saturated rings. The van der Waals surface area contributed by atoms with Crippen molar-refractivity contribution >= 4 is 11.6 Å². The van der Waals surface area contributed by atoms with Gasteiger partial charge in [0, 0.05) is 30.3 Å². The molecule has 1 aliphatic carbocycles. The van der Waals surface area contributed by atoms with E-state index in [0.717, 1.165) is 35.4 Å². The number of anilines is 1. The van der Waals surface area contributed by atoms with Crippen molar-refractivity contribution in [1.29, 1.82) is 0 Å². The van der Waals surface area contributed by atoms with Gasteiger partial charge < -0.3 is 15.4 Å². The molecule has 0 spiro atoms. The van der Waals surface area contributed by atoms with E-state index in [-0.39, 0.29) is 5.91 Å². The van der Waals surface area contributed by atoms with Crippen LogP contribution in [0.15, 0.2) is 48.5 Å². The predicted octanol–water partition coefficient (Wildman–Crippen LogP) is 3.40. The maximum atomic E-state index is 12.8. The Bertz CT molecular complexity index is 710. The summed E-state index contributed by atoms with van der Waals surface area (Å²) < 4.78 is 5.42. The molecule has 0 bridgehead atoms. The molecule has 0 atom stereocenters. The number of aryl methyl sites for hydroxylation is 1. The zero-order valence-corrected chi connectivity index (χ0v) is 14.1. The summed E-state index contributed by atoms with van der Waals surface area (Å²) in [6, 6.07) is 16.0. The van der Waals surface area contributed by atoms with Crippen molar-refractivity contribution in [3.05, 3.63) is 59.7 Å². The van der Waals surface area contributed by atoms with Gasteiger partial charge in [-0.1, -0.05) is 36.4 Å². The number of benzene rings is 2. The summed E-state index contributed by atoms with van der Waals surface area (Å²) in [6.07, 6.45) is 3.35. The number of carbonyl (C=O) groups is 1. The van der Waals surface area contributed by atoms with Gasteiger partial charge in [0.05, 0.1) is 7.11 Å². The van der Waals surface area contributed by atoms with Gasteiger partial charge in [-0.25, -0.2) is 0 Å². The van der Waals surface area contributed by atoms with Crippen LogP contribution in [-0.4, -0.2) is 24.0 Å². The van der Waals surface area contributed by atoms with Crippen LogP contribution in [-0.2, 0) is 17.8 Å². The van der Waals surface area contributed by atoms with Crippen LogP contribution < -0.4 is 10.5 Å². The molecule has 1 saturated carbocycles. The normalized spacial score (nSPS) is 13.5. The van der Waals surface area contributed by atoms with E-state index in [1.165, 1.54) is 0 Å². The first kappa shape index (κ1) is 16.4. The summed E-state index contributed by atoms with van der Waals surface area (Å²) in [5, 5.41) is 0. The van der Waals surface area contributed by atoms with Gasteiger partial charge in [-0.3, -0.25) is 4.79 Å². The second kappa shape index (κ2) is 7.39. The van der Waals surface area contributed by atoms with Crippen molar-refractivity contribution in [2.24, 2.45) is 0 Å². The maximum Gasteiger partial charge on any atom is 0.223 e. The summed E-state index contributed by atoms with van der Waals surface area (Å²) in [4.78, 5) is 14.8. The minimum Gasteiger partial charge on any atom is -0.496 e.